The minimum atomic E-state index is -3.15. The van der Waals surface area contributed by atoms with E-state index in [0.29, 0.717) is 0 Å². The Kier molecular flexibility index (Phi) is 5.35. The minimum Gasteiger partial charge on any atom is -0.356 e. The summed E-state index contributed by atoms with van der Waals surface area (Å²) < 4.78 is 25.9. The maximum absolute atomic E-state index is 12.2. The van der Waals surface area contributed by atoms with Gasteiger partial charge in [-0.15, -0.1) is 11.3 Å². The van der Waals surface area contributed by atoms with Gasteiger partial charge in [-0.1, -0.05) is 30.3 Å². The highest BCUT2D eigenvalue weighted by Crippen LogP contribution is 2.36. The van der Waals surface area contributed by atoms with Crippen molar-refractivity contribution in [3.8, 4) is 10.4 Å². The van der Waals surface area contributed by atoms with Gasteiger partial charge in [0.1, 0.15) is 17.0 Å². The van der Waals surface area contributed by atoms with Crippen LogP contribution in [-0.2, 0) is 10.0 Å². The van der Waals surface area contributed by atoms with Gasteiger partial charge in [0.2, 0.25) is 10.0 Å². The lowest BCUT2D eigenvalue weighted by Crippen LogP contribution is -2.46. The molecule has 0 N–H and O–H groups in total. The average molecular weight is 417 g/mol. The van der Waals surface area contributed by atoms with Crippen LogP contribution in [-0.4, -0.2) is 54.6 Å². The highest BCUT2D eigenvalue weighted by Gasteiger charge is 2.29. The second kappa shape index (κ2) is 7.77. The normalized spacial score (nSPS) is 16.2. The van der Waals surface area contributed by atoms with E-state index in [0.717, 1.165) is 42.0 Å². The highest BCUT2D eigenvalue weighted by molar-refractivity contribution is 7.89. The fourth-order valence-corrected chi connectivity index (χ4v) is 5.78. The van der Waals surface area contributed by atoms with Crippen LogP contribution in [0.5, 0.6) is 0 Å². The summed E-state index contributed by atoms with van der Waals surface area (Å²) in [5, 5.41) is 1.07. The van der Waals surface area contributed by atoms with E-state index >= 15 is 0 Å². The Morgan fingerprint density at radius 1 is 1.18 bits per heavy atom. The maximum Gasteiger partial charge on any atom is 0.213 e. The number of nitrogens with zero attached hydrogens (tertiary/aromatic N) is 4. The van der Waals surface area contributed by atoms with Crippen LogP contribution in [0.1, 0.15) is 19.8 Å². The molecular formula is C20H24N4O2S2. The van der Waals surface area contributed by atoms with E-state index in [9.17, 15) is 8.42 Å². The topological polar surface area (TPSA) is 66.4 Å². The monoisotopic (exact) mass is 416 g/mol. The van der Waals surface area contributed by atoms with E-state index < -0.39 is 10.0 Å². The molecule has 6 nitrogen and oxygen atoms in total. The smallest absolute Gasteiger partial charge is 0.213 e. The third-order valence-corrected chi connectivity index (χ3v) is 8.45. The predicted octanol–water partition coefficient (Wildman–Crippen LogP) is 3.61. The van der Waals surface area contributed by atoms with Crippen LogP contribution in [0.2, 0.25) is 0 Å². The fraction of sp³-hybridized carbons (Fsp3) is 0.400. The molecule has 0 unspecified atom stereocenters. The summed E-state index contributed by atoms with van der Waals surface area (Å²) >= 11 is 1.68. The third kappa shape index (κ3) is 3.64. The molecular weight excluding hydrogens is 392 g/mol. The van der Waals surface area contributed by atoms with Gasteiger partial charge < -0.3 is 4.90 Å². The fourth-order valence-electron chi connectivity index (χ4n) is 3.71. The Bertz CT molecular complexity index is 1060. The number of benzene rings is 1. The van der Waals surface area contributed by atoms with Gasteiger partial charge in [-0.3, -0.25) is 0 Å². The summed E-state index contributed by atoms with van der Waals surface area (Å²) in [6, 6.07) is 12.5. The first-order chi connectivity index (χ1) is 13.5. The number of rotatable bonds is 5. The van der Waals surface area contributed by atoms with Crippen molar-refractivity contribution < 1.29 is 8.42 Å². The van der Waals surface area contributed by atoms with Crippen LogP contribution in [0.25, 0.3) is 20.7 Å². The first-order valence-corrected chi connectivity index (χ1v) is 11.9. The molecule has 3 heterocycles. The lowest BCUT2D eigenvalue weighted by molar-refractivity contribution is 0.312. The van der Waals surface area contributed by atoms with Gasteiger partial charge >= 0.3 is 0 Å². The van der Waals surface area contributed by atoms with Crippen molar-refractivity contribution in [2.75, 3.05) is 30.8 Å². The van der Waals surface area contributed by atoms with Gasteiger partial charge in [-0.25, -0.2) is 22.7 Å². The second-order valence-corrected chi connectivity index (χ2v) is 10.4. The van der Waals surface area contributed by atoms with E-state index in [-0.39, 0.29) is 11.8 Å². The first kappa shape index (κ1) is 19.3. The first-order valence-electron chi connectivity index (χ1n) is 9.50. The van der Waals surface area contributed by atoms with Crippen LogP contribution >= 0.6 is 11.3 Å². The van der Waals surface area contributed by atoms with Crippen LogP contribution in [0, 0.1) is 0 Å². The van der Waals surface area contributed by atoms with Crippen molar-refractivity contribution in [2.45, 2.75) is 25.8 Å². The van der Waals surface area contributed by atoms with Crippen LogP contribution < -0.4 is 4.90 Å². The average Bonchev–Trinajstić information content (AvgIpc) is 3.18. The van der Waals surface area contributed by atoms with Crippen molar-refractivity contribution in [2.24, 2.45) is 0 Å². The zero-order chi connectivity index (χ0) is 19.7. The van der Waals surface area contributed by atoms with Gasteiger partial charge in [-0.05, 0) is 31.4 Å². The second-order valence-electron chi connectivity index (χ2n) is 7.03. The minimum absolute atomic E-state index is 0.0564. The summed E-state index contributed by atoms with van der Waals surface area (Å²) in [4.78, 5) is 13.4. The Morgan fingerprint density at radius 3 is 2.57 bits per heavy atom. The zero-order valence-electron chi connectivity index (χ0n) is 16.1. The molecule has 1 aromatic carbocycles. The Labute approximate surface area is 169 Å². The Morgan fingerprint density at radius 2 is 1.89 bits per heavy atom. The van der Waals surface area contributed by atoms with Crippen molar-refractivity contribution >= 4 is 37.4 Å². The molecule has 0 amide bonds. The van der Waals surface area contributed by atoms with E-state index in [1.54, 1.807) is 35.9 Å². The van der Waals surface area contributed by atoms with E-state index in [1.165, 1.54) is 10.4 Å². The molecule has 8 heteroatoms. The molecule has 0 aliphatic carbocycles. The molecule has 1 fully saturated rings. The lowest BCUT2D eigenvalue weighted by atomic mass is 10.1. The molecule has 0 saturated carbocycles. The van der Waals surface area contributed by atoms with E-state index in [1.807, 2.05) is 18.2 Å². The van der Waals surface area contributed by atoms with E-state index in [2.05, 4.69) is 33.1 Å². The highest BCUT2D eigenvalue weighted by atomic mass is 32.2. The molecule has 0 radical (unpaired) electrons. The molecule has 1 aliphatic heterocycles. The summed E-state index contributed by atoms with van der Waals surface area (Å²) in [5.41, 5.74) is 1.18. The number of anilines is 1. The van der Waals surface area contributed by atoms with Crippen molar-refractivity contribution in [1.82, 2.24) is 14.3 Å². The molecule has 1 saturated heterocycles. The number of hydrogen-bond acceptors (Lipinski definition) is 6. The van der Waals surface area contributed by atoms with Gasteiger partial charge in [0.25, 0.3) is 0 Å². The lowest BCUT2D eigenvalue weighted by Gasteiger charge is -2.36. The molecule has 3 aromatic rings. The summed E-state index contributed by atoms with van der Waals surface area (Å²) in [5.74, 6) is 1.09. The van der Waals surface area contributed by atoms with Gasteiger partial charge in [0.05, 0.1) is 11.1 Å². The number of fused-ring (bicyclic) bond motifs is 1. The SMILES string of the molecule is CCS(=O)(=O)N(C)C1CCN(c2ncnc3sc(-c4ccccc4)cc23)CC1. The number of hydrogen-bond donors (Lipinski definition) is 0. The van der Waals surface area contributed by atoms with Crippen molar-refractivity contribution in [1.29, 1.82) is 0 Å². The zero-order valence-corrected chi connectivity index (χ0v) is 17.7. The largest absolute Gasteiger partial charge is 0.356 e. The molecule has 0 atom stereocenters. The predicted molar refractivity (Wildman–Crippen MR) is 115 cm³/mol. The molecule has 148 valence electrons. The standard InChI is InChI=1S/C20H24N4O2S2/c1-3-28(25,26)23(2)16-9-11-24(12-10-16)19-17-13-18(15-7-5-4-6-8-15)27-20(17)22-14-21-19/h4-8,13-14,16H,3,9-12H2,1-2H3. The molecule has 28 heavy (non-hydrogen) atoms. The Balaban J connectivity index is 1.57. The molecule has 0 spiro atoms. The number of sulfonamides is 1. The van der Waals surface area contributed by atoms with Gasteiger partial charge in [0, 0.05) is 31.1 Å². The van der Waals surface area contributed by atoms with Crippen LogP contribution in [0.4, 0.5) is 5.82 Å². The molecule has 1 aliphatic rings. The third-order valence-electron chi connectivity index (χ3n) is 5.45. The summed E-state index contributed by atoms with van der Waals surface area (Å²) in [6.07, 6.45) is 3.23. The summed E-state index contributed by atoms with van der Waals surface area (Å²) in [7, 11) is -1.45. The van der Waals surface area contributed by atoms with Crippen molar-refractivity contribution in [3.63, 3.8) is 0 Å². The van der Waals surface area contributed by atoms with Crippen molar-refractivity contribution in [3.05, 3.63) is 42.7 Å². The molecule has 2 aromatic heterocycles. The van der Waals surface area contributed by atoms with Gasteiger partial charge in [-0.2, -0.15) is 0 Å². The van der Waals surface area contributed by atoms with E-state index in [4.69, 9.17) is 0 Å². The quantitative estimate of drug-likeness (QED) is 0.636. The van der Waals surface area contributed by atoms with Gasteiger partial charge in [0.15, 0.2) is 0 Å². The summed E-state index contributed by atoms with van der Waals surface area (Å²) in [6.45, 7) is 3.27. The van der Waals surface area contributed by atoms with Crippen LogP contribution in [0.3, 0.4) is 0 Å². The maximum atomic E-state index is 12.2. The van der Waals surface area contributed by atoms with Crippen LogP contribution in [0.15, 0.2) is 42.7 Å². The molecule has 0 bridgehead atoms. The number of thiophene rings is 1. The number of aromatic nitrogens is 2. The number of piperidine rings is 1. The Hall–Kier alpha value is -2.03. The molecule has 4 rings (SSSR count).